The molecule has 1 heteroatoms. The molecular weight excluding hydrogens is 403 g/mol. The average molecular weight is 431 g/mol. The number of benzene rings is 5. The van der Waals surface area contributed by atoms with E-state index in [-0.39, 0.29) is 0 Å². The zero-order valence-electron chi connectivity index (χ0n) is 18.1. The zero-order chi connectivity index (χ0) is 21.7. The first-order chi connectivity index (χ1) is 15.8. The van der Waals surface area contributed by atoms with Gasteiger partial charge in [-0.15, -0.1) is 0 Å². The van der Waals surface area contributed by atoms with Crippen molar-refractivity contribution in [1.29, 1.82) is 0 Å². The number of rotatable bonds is 6. The molecule has 0 aliphatic carbocycles. The van der Waals surface area contributed by atoms with Crippen LogP contribution in [0.1, 0.15) is 5.56 Å². The molecule has 0 saturated heterocycles. The van der Waals surface area contributed by atoms with Crippen molar-refractivity contribution in [3.8, 4) is 0 Å². The first-order valence-electron chi connectivity index (χ1n) is 11.1. The Kier molecular flexibility index (Phi) is 5.48. The van der Waals surface area contributed by atoms with Crippen LogP contribution in [0.4, 0.5) is 0 Å². The predicted molar refractivity (Wildman–Crippen MR) is 141 cm³/mol. The van der Waals surface area contributed by atoms with Crippen molar-refractivity contribution in [2.75, 3.05) is 0 Å². The van der Waals surface area contributed by atoms with Gasteiger partial charge >= 0.3 is 191 Å². The Hall–Kier alpha value is -3.47. The molecule has 0 amide bonds. The van der Waals surface area contributed by atoms with E-state index in [1.807, 2.05) is 0 Å². The molecule has 0 nitrogen and oxygen atoms in total. The molecule has 0 radical (unpaired) electrons. The van der Waals surface area contributed by atoms with Crippen LogP contribution in [-0.2, 0) is 6.16 Å². The fraction of sp³-hybridized carbons (Fsp3) is 0.0323. The summed E-state index contributed by atoms with van der Waals surface area (Å²) in [5, 5.41) is 5.58. The SMILES string of the molecule is c1ccc(CP(c2ccccc2)(c2ccccc2)(c2ccccc2)c2ccccc2)cc1. The molecule has 0 atom stereocenters. The molecule has 0 aromatic heterocycles. The second-order valence-corrected chi connectivity index (χ2v) is 13.3. The van der Waals surface area contributed by atoms with Crippen LogP contribution in [-0.4, -0.2) is 0 Å². The van der Waals surface area contributed by atoms with Gasteiger partial charge in [0.2, 0.25) is 0 Å². The first-order valence-corrected chi connectivity index (χ1v) is 13.5. The van der Waals surface area contributed by atoms with Gasteiger partial charge in [-0.05, 0) is 0 Å². The van der Waals surface area contributed by atoms with Gasteiger partial charge in [-0.25, -0.2) is 0 Å². The summed E-state index contributed by atoms with van der Waals surface area (Å²) < 4.78 is 0. The Morgan fingerprint density at radius 1 is 0.312 bits per heavy atom. The van der Waals surface area contributed by atoms with Gasteiger partial charge in [-0.2, -0.15) is 0 Å². The van der Waals surface area contributed by atoms with Crippen LogP contribution in [0.2, 0.25) is 0 Å². The third-order valence-electron chi connectivity index (χ3n) is 6.65. The zero-order valence-corrected chi connectivity index (χ0v) is 19.0. The van der Waals surface area contributed by atoms with Crippen LogP contribution >= 0.6 is 6.60 Å². The fourth-order valence-corrected chi connectivity index (χ4v) is 12.0. The van der Waals surface area contributed by atoms with Crippen molar-refractivity contribution in [3.63, 3.8) is 0 Å². The van der Waals surface area contributed by atoms with E-state index in [9.17, 15) is 0 Å². The topological polar surface area (TPSA) is 0 Å². The summed E-state index contributed by atoms with van der Waals surface area (Å²) >= 11 is 0. The van der Waals surface area contributed by atoms with Gasteiger partial charge in [0.25, 0.3) is 0 Å². The van der Waals surface area contributed by atoms with Crippen molar-refractivity contribution in [3.05, 3.63) is 157 Å². The quantitative estimate of drug-likeness (QED) is 0.288. The van der Waals surface area contributed by atoms with Gasteiger partial charge in [0.1, 0.15) is 0 Å². The van der Waals surface area contributed by atoms with E-state index in [1.54, 1.807) is 0 Å². The summed E-state index contributed by atoms with van der Waals surface area (Å²) in [7, 11) is 0. The molecule has 0 heterocycles. The molecule has 5 aromatic rings. The summed E-state index contributed by atoms with van der Waals surface area (Å²) in [5.41, 5.74) is 1.35. The van der Waals surface area contributed by atoms with Crippen LogP contribution in [0.15, 0.2) is 152 Å². The van der Waals surface area contributed by atoms with E-state index in [0.717, 1.165) is 6.16 Å². The summed E-state index contributed by atoms with van der Waals surface area (Å²) in [4.78, 5) is 0. The molecule has 0 bridgehead atoms. The molecule has 156 valence electrons. The Morgan fingerprint density at radius 2 is 0.562 bits per heavy atom. The molecule has 5 aromatic carbocycles. The summed E-state index contributed by atoms with van der Waals surface area (Å²) in [5.74, 6) is 0. The maximum absolute atomic E-state index is 3.12. The molecule has 0 spiro atoms. The Bertz CT molecular complexity index is 1100. The minimum absolute atomic E-state index is 0.939. The van der Waals surface area contributed by atoms with Crippen LogP contribution < -0.4 is 21.2 Å². The second kappa shape index (κ2) is 8.58. The second-order valence-electron chi connectivity index (χ2n) is 8.29. The Labute approximate surface area is 191 Å². The molecule has 0 unspecified atom stereocenters. The van der Waals surface area contributed by atoms with Gasteiger partial charge in [0, 0.05) is 0 Å². The minimum atomic E-state index is -3.12. The first kappa shape index (κ1) is 20.4. The van der Waals surface area contributed by atoms with E-state index in [1.165, 1.54) is 26.8 Å². The third-order valence-corrected chi connectivity index (χ3v) is 13.4. The van der Waals surface area contributed by atoms with Gasteiger partial charge in [-0.1, -0.05) is 0 Å². The van der Waals surface area contributed by atoms with Crippen LogP contribution in [0.3, 0.4) is 0 Å². The summed E-state index contributed by atoms with van der Waals surface area (Å²) in [6.45, 7) is -3.12. The number of hydrogen-bond donors (Lipinski definition) is 0. The molecule has 0 saturated carbocycles. The van der Waals surface area contributed by atoms with E-state index in [0.29, 0.717) is 0 Å². The van der Waals surface area contributed by atoms with Gasteiger partial charge < -0.3 is 0 Å². The monoisotopic (exact) mass is 430 g/mol. The van der Waals surface area contributed by atoms with Gasteiger partial charge in [0.15, 0.2) is 0 Å². The van der Waals surface area contributed by atoms with Gasteiger partial charge in [0.05, 0.1) is 0 Å². The normalized spacial score (nSPS) is 12.6. The molecule has 32 heavy (non-hydrogen) atoms. The van der Waals surface area contributed by atoms with E-state index in [2.05, 4.69) is 152 Å². The van der Waals surface area contributed by atoms with Crippen molar-refractivity contribution < 1.29 is 0 Å². The number of hydrogen-bond acceptors (Lipinski definition) is 0. The fourth-order valence-electron chi connectivity index (χ4n) is 5.24. The van der Waals surface area contributed by atoms with Crippen molar-refractivity contribution in [2.24, 2.45) is 0 Å². The third kappa shape index (κ3) is 3.11. The van der Waals surface area contributed by atoms with E-state index < -0.39 is 6.60 Å². The molecule has 0 N–H and O–H groups in total. The van der Waals surface area contributed by atoms with Crippen molar-refractivity contribution >= 4 is 27.8 Å². The standard InChI is InChI=1S/C31H27P/c1-6-16-27(17-7-1)26-32(28-18-8-2-9-19-28,29-20-10-3-11-21-29,30-22-12-4-13-23-30)31-24-14-5-15-25-31/h1-25H,26H2. The molecule has 0 fully saturated rings. The molecule has 0 aliphatic rings. The van der Waals surface area contributed by atoms with Crippen LogP contribution in [0.25, 0.3) is 0 Å². The molecule has 5 rings (SSSR count). The van der Waals surface area contributed by atoms with Crippen molar-refractivity contribution in [2.45, 2.75) is 6.16 Å². The molecule has 0 aliphatic heterocycles. The van der Waals surface area contributed by atoms with Crippen LogP contribution in [0.5, 0.6) is 0 Å². The predicted octanol–water partition coefficient (Wildman–Crippen LogP) is 6.04. The Morgan fingerprint density at radius 3 is 0.844 bits per heavy atom. The van der Waals surface area contributed by atoms with E-state index in [4.69, 9.17) is 0 Å². The van der Waals surface area contributed by atoms with Gasteiger partial charge in [-0.3, -0.25) is 0 Å². The summed E-state index contributed by atoms with van der Waals surface area (Å²) in [6.07, 6.45) is 0.939. The molecular formula is C31H27P. The van der Waals surface area contributed by atoms with Crippen molar-refractivity contribution in [1.82, 2.24) is 0 Å². The van der Waals surface area contributed by atoms with E-state index >= 15 is 0 Å². The maximum atomic E-state index is 2.34. The summed E-state index contributed by atoms with van der Waals surface area (Å²) in [6, 6.07) is 55.7. The Balaban J connectivity index is 2.04. The average Bonchev–Trinajstić information content (AvgIpc) is 2.90. The van der Waals surface area contributed by atoms with Crippen LogP contribution in [0, 0.1) is 0 Å².